The summed E-state index contributed by atoms with van der Waals surface area (Å²) in [6.07, 6.45) is 4.55. The maximum absolute atomic E-state index is 5.71. The fraction of sp³-hybridized carbons (Fsp3) is 0.556. The lowest BCUT2D eigenvalue weighted by Gasteiger charge is -2.12. The molecule has 0 spiro atoms. The highest BCUT2D eigenvalue weighted by atomic mass is 15.1. The molecule has 0 aromatic carbocycles. The number of rotatable bonds is 3. The third-order valence-electron chi connectivity index (χ3n) is 1.95. The fourth-order valence-corrected chi connectivity index (χ4v) is 0.891. The molecule has 0 amide bonds. The highest BCUT2D eigenvalue weighted by Crippen LogP contribution is 2.36. The Balaban J connectivity index is 2.48. The zero-order valence-corrected chi connectivity index (χ0v) is 7.30. The molecule has 2 heteroatoms. The van der Waals surface area contributed by atoms with Crippen molar-refractivity contribution in [3.63, 3.8) is 0 Å². The quantitative estimate of drug-likeness (QED) is 0.618. The third-order valence-corrected chi connectivity index (χ3v) is 1.95. The van der Waals surface area contributed by atoms with E-state index in [0.29, 0.717) is 5.92 Å². The second-order valence-corrected chi connectivity index (χ2v) is 3.31. The minimum absolute atomic E-state index is 0.716. The summed E-state index contributed by atoms with van der Waals surface area (Å²) in [5.74, 6) is 1.51. The molecule has 0 aliphatic heterocycles. The first-order valence-corrected chi connectivity index (χ1v) is 3.94. The molecule has 0 saturated heterocycles. The van der Waals surface area contributed by atoms with Gasteiger partial charge in [0.1, 0.15) is 0 Å². The van der Waals surface area contributed by atoms with E-state index in [0.717, 1.165) is 5.82 Å². The normalized spacial score (nSPS) is 18.2. The Kier molecular flexibility index (Phi) is 2.22. The lowest BCUT2D eigenvalue weighted by Crippen LogP contribution is -2.18. The van der Waals surface area contributed by atoms with Crippen molar-refractivity contribution in [1.82, 2.24) is 4.90 Å². The van der Waals surface area contributed by atoms with Crippen LogP contribution in [0, 0.1) is 5.92 Å². The van der Waals surface area contributed by atoms with Crippen LogP contribution >= 0.6 is 0 Å². The summed E-state index contributed by atoms with van der Waals surface area (Å²) in [5.41, 5.74) is 6.89. The molecule has 0 aromatic rings. The summed E-state index contributed by atoms with van der Waals surface area (Å²) in [4.78, 5) is 1.90. The minimum Gasteiger partial charge on any atom is -0.385 e. The molecule has 1 aliphatic carbocycles. The Labute approximate surface area is 68.4 Å². The van der Waals surface area contributed by atoms with Crippen LogP contribution in [0.25, 0.3) is 0 Å². The van der Waals surface area contributed by atoms with Gasteiger partial charge in [0.25, 0.3) is 0 Å². The van der Waals surface area contributed by atoms with E-state index in [2.05, 4.69) is 6.58 Å². The Morgan fingerprint density at radius 1 is 1.55 bits per heavy atom. The summed E-state index contributed by atoms with van der Waals surface area (Å²) in [6, 6.07) is 0. The van der Waals surface area contributed by atoms with Gasteiger partial charge in [-0.2, -0.15) is 0 Å². The lowest BCUT2D eigenvalue weighted by atomic mass is 10.2. The van der Waals surface area contributed by atoms with E-state index in [-0.39, 0.29) is 0 Å². The first-order chi connectivity index (χ1) is 5.11. The second kappa shape index (κ2) is 2.99. The van der Waals surface area contributed by atoms with Gasteiger partial charge >= 0.3 is 0 Å². The molecule has 0 heterocycles. The van der Waals surface area contributed by atoms with Gasteiger partial charge in [-0.05, 0) is 30.4 Å². The number of hydrogen-bond acceptors (Lipinski definition) is 2. The molecule has 1 fully saturated rings. The largest absolute Gasteiger partial charge is 0.385 e. The van der Waals surface area contributed by atoms with Crippen LogP contribution in [-0.2, 0) is 0 Å². The van der Waals surface area contributed by atoms with Gasteiger partial charge in [0.15, 0.2) is 0 Å². The summed E-state index contributed by atoms with van der Waals surface area (Å²) in [7, 11) is 3.87. The Bertz CT molecular complexity index is 188. The molecule has 1 aliphatic rings. The van der Waals surface area contributed by atoms with Gasteiger partial charge in [0.05, 0.1) is 5.82 Å². The van der Waals surface area contributed by atoms with Gasteiger partial charge in [0, 0.05) is 14.1 Å². The van der Waals surface area contributed by atoms with Crippen molar-refractivity contribution >= 4 is 0 Å². The molecular formula is C9H16N2. The molecule has 0 aromatic heterocycles. The number of hydrogen-bond donors (Lipinski definition) is 1. The smallest absolute Gasteiger partial charge is 0.0983 e. The molecule has 0 unspecified atom stereocenters. The summed E-state index contributed by atoms with van der Waals surface area (Å²) in [5, 5.41) is 0. The predicted molar refractivity (Wildman–Crippen MR) is 47.8 cm³/mol. The van der Waals surface area contributed by atoms with Gasteiger partial charge < -0.3 is 10.6 Å². The zero-order chi connectivity index (χ0) is 8.43. The van der Waals surface area contributed by atoms with Crippen molar-refractivity contribution in [3.8, 4) is 0 Å². The molecule has 11 heavy (non-hydrogen) atoms. The van der Waals surface area contributed by atoms with Gasteiger partial charge in [-0.15, -0.1) is 0 Å². The van der Waals surface area contributed by atoms with E-state index in [9.17, 15) is 0 Å². The van der Waals surface area contributed by atoms with E-state index in [1.165, 1.54) is 18.4 Å². The van der Waals surface area contributed by atoms with Crippen LogP contribution in [0.3, 0.4) is 0 Å². The maximum atomic E-state index is 5.71. The molecular weight excluding hydrogens is 136 g/mol. The summed E-state index contributed by atoms with van der Waals surface area (Å²) in [6.45, 7) is 3.96. The van der Waals surface area contributed by atoms with Gasteiger partial charge in [-0.1, -0.05) is 6.58 Å². The van der Waals surface area contributed by atoms with Gasteiger partial charge in [0.2, 0.25) is 0 Å². The van der Waals surface area contributed by atoms with Crippen molar-refractivity contribution in [1.29, 1.82) is 0 Å². The van der Waals surface area contributed by atoms with Crippen LogP contribution < -0.4 is 5.73 Å². The highest BCUT2D eigenvalue weighted by Gasteiger charge is 2.23. The fourth-order valence-electron chi connectivity index (χ4n) is 0.891. The molecule has 2 nitrogen and oxygen atoms in total. The molecule has 0 atom stereocenters. The molecule has 1 rings (SSSR count). The van der Waals surface area contributed by atoms with Crippen molar-refractivity contribution in [2.75, 3.05) is 14.1 Å². The number of allylic oxidation sites excluding steroid dienone is 2. The Hall–Kier alpha value is -0.920. The topological polar surface area (TPSA) is 29.3 Å². The Morgan fingerprint density at radius 2 is 2.09 bits per heavy atom. The number of nitrogens with zero attached hydrogens (tertiary/aromatic N) is 1. The average Bonchev–Trinajstić information content (AvgIpc) is 2.67. The number of nitrogens with two attached hydrogens (primary N) is 1. The molecule has 0 radical (unpaired) electrons. The molecule has 2 N–H and O–H groups in total. The van der Waals surface area contributed by atoms with E-state index >= 15 is 0 Å². The first-order valence-electron chi connectivity index (χ1n) is 3.94. The standard InChI is InChI=1S/C9H16N2/c1-7(8-4-5-8)6-9(10)11(2)3/h6,8H,1,4-5,10H2,2-3H3/b9-6-. The van der Waals surface area contributed by atoms with Crippen LogP contribution in [0.4, 0.5) is 0 Å². The summed E-state index contributed by atoms with van der Waals surface area (Å²) >= 11 is 0. The third kappa shape index (κ3) is 2.30. The van der Waals surface area contributed by atoms with Crippen molar-refractivity contribution in [3.05, 3.63) is 24.0 Å². The van der Waals surface area contributed by atoms with Crippen LogP contribution in [-0.4, -0.2) is 19.0 Å². The predicted octanol–water partition coefficient (Wildman–Crippen LogP) is 1.31. The first kappa shape index (κ1) is 8.18. The average molecular weight is 152 g/mol. The second-order valence-electron chi connectivity index (χ2n) is 3.31. The van der Waals surface area contributed by atoms with Gasteiger partial charge in [-0.25, -0.2) is 0 Å². The lowest BCUT2D eigenvalue weighted by molar-refractivity contribution is 0.505. The molecule has 62 valence electrons. The Morgan fingerprint density at radius 3 is 2.45 bits per heavy atom. The van der Waals surface area contributed by atoms with Crippen molar-refractivity contribution in [2.24, 2.45) is 11.7 Å². The maximum Gasteiger partial charge on any atom is 0.0983 e. The van der Waals surface area contributed by atoms with Crippen LogP contribution in [0.15, 0.2) is 24.0 Å². The van der Waals surface area contributed by atoms with Crippen LogP contribution in [0.5, 0.6) is 0 Å². The highest BCUT2D eigenvalue weighted by molar-refractivity contribution is 5.24. The molecule has 0 bridgehead atoms. The van der Waals surface area contributed by atoms with Crippen LogP contribution in [0.1, 0.15) is 12.8 Å². The van der Waals surface area contributed by atoms with Gasteiger partial charge in [-0.3, -0.25) is 0 Å². The van der Waals surface area contributed by atoms with E-state index < -0.39 is 0 Å². The van der Waals surface area contributed by atoms with Crippen molar-refractivity contribution < 1.29 is 0 Å². The van der Waals surface area contributed by atoms with E-state index in [1.807, 2.05) is 25.1 Å². The zero-order valence-electron chi connectivity index (χ0n) is 7.30. The van der Waals surface area contributed by atoms with E-state index in [1.54, 1.807) is 0 Å². The molecule has 1 saturated carbocycles. The summed E-state index contributed by atoms with van der Waals surface area (Å²) < 4.78 is 0. The van der Waals surface area contributed by atoms with Crippen LogP contribution in [0.2, 0.25) is 0 Å². The minimum atomic E-state index is 0.716. The van der Waals surface area contributed by atoms with Crippen molar-refractivity contribution in [2.45, 2.75) is 12.8 Å². The van der Waals surface area contributed by atoms with E-state index in [4.69, 9.17) is 5.73 Å². The SMILES string of the molecule is C=C(/C=C(/N)N(C)C)C1CC1. The monoisotopic (exact) mass is 152 g/mol.